The molecule has 2 saturated heterocycles. The fourth-order valence-corrected chi connectivity index (χ4v) is 20.6. The Balaban J connectivity index is 1.11. The van der Waals surface area contributed by atoms with Crippen LogP contribution in [0.5, 0.6) is 0 Å². The van der Waals surface area contributed by atoms with Crippen LogP contribution in [-0.2, 0) is 11.3 Å². The average Bonchev–Trinajstić information content (AvgIpc) is 3.91. The molecule has 3 aromatic carbocycles. The molecular formula is C48H62N2P2. The Hall–Kier alpha value is -1.56. The molecule has 3 atom stereocenters. The van der Waals surface area contributed by atoms with Crippen LogP contribution in [0.2, 0.25) is 0 Å². The molecule has 13 rings (SSSR count). The molecule has 2 heterocycles. The minimum Gasteiger partial charge on any atom is -0.313 e. The predicted octanol–water partition coefficient (Wildman–Crippen LogP) is 11.2. The van der Waals surface area contributed by atoms with Gasteiger partial charge in [0.25, 0.3) is 0 Å². The standard InChI is InChI=1S/C48H62N2P2/c51-48(44-13-7-15-49-44,45-14-8-16-50-45)43-28-42(35-11-5-2-6-12-35)41(34-9-3-1-4-10-34)27-40(43)29-52(46-36-19-30-17-31(21-36)22-37(46)20-30)47-38-23-32-18-33(25-38)26-39(47)24-32/h1-6,9-12,27-28,30-33,36-39,44-47,49-50H,7-8,13-26,29,51H2. The van der Waals surface area contributed by atoms with E-state index in [-0.39, 0.29) is 13.1 Å². The van der Waals surface area contributed by atoms with E-state index >= 15 is 0 Å². The van der Waals surface area contributed by atoms with Crippen molar-refractivity contribution >= 4 is 17.2 Å². The van der Waals surface area contributed by atoms with Crippen LogP contribution in [0.4, 0.5) is 0 Å². The van der Waals surface area contributed by atoms with Gasteiger partial charge in [-0.1, -0.05) is 68.6 Å². The summed E-state index contributed by atoms with van der Waals surface area (Å²) in [6, 6.07) is 29.5. The van der Waals surface area contributed by atoms with Gasteiger partial charge in [0.1, 0.15) is 0 Å². The summed E-state index contributed by atoms with van der Waals surface area (Å²) in [4.78, 5) is 0. The highest BCUT2D eigenvalue weighted by molar-refractivity contribution is 7.58. The summed E-state index contributed by atoms with van der Waals surface area (Å²) < 4.78 is 0. The van der Waals surface area contributed by atoms with Gasteiger partial charge in [-0.25, -0.2) is 0 Å². The summed E-state index contributed by atoms with van der Waals surface area (Å²) in [6.07, 6.45) is 22.3. The summed E-state index contributed by atoms with van der Waals surface area (Å²) >= 11 is 0. The van der Waals surface area contributed by atoms with Crippen LogP contribution in [0.25, 0.3) is 22.3 Å². The second kappa shape index (κ2) is 13.6. The molecule has 10 aliphatic rings. The van der Waals surface area contributed by atoms with Crippen molar-refractivity contribution in [3.63, 3.8) is 0 Å². The zero-order chi connectivity index (χ0) is 34.4. The van der Waals surface area contributed by atoms with Crippen molar-refractivity contribution in [1.82, 2.24) is 10.6 Å². The minimum absolute atomic E-state index is 0.0176. The molecule has 4 heteroatoms. The maximum atomic E-state index is 4.11. The first-order valence-corrected chi connectivity index (χ1v) is 24.1. The molecule has 0 aromatic heterocycles. The van der Waals surface area contributed by atoms with E-state index in [4.69, 9.17) is 0 Å². The third kappa shape index (κ3) is 5.69. The zero-order valence-electron chi connectivity index (χ0n) is 31.4. The zero-order valence-corrected chi connectivity index (χ0v) is 33.5. The molecule has 0 amide bonds. The molecule has 52 heavy (non-hydrogen) atoms. The van der Waals surface area contributed by atoms with Crippen molar-refractivity contribution in [3.05, 3.63) is 83.9 Å². The van der Waals surface area contributed by atoms with Crippen molar-refractivity contribution in [1.29, 1.82) is 0 Å². The van der Waals surface area contributed by atoms with Crippen LogP contribution < -0.4 is 10.6 Å². The number of hydrogen-bond donors (Lipinski definition) is 2. The van der Waals surface area contributed by atoms with Crippen molar-refractivity contribution in [2.45, 2.75) is 125 Å². The monoisotopic (exact) mass is 728 g/mol. The van der Waals surface area contributed by atoms with Gasteiger partial charge in [-0.3, -0.25) is 0 Å². The molecule has 2 N–H and O–H groups in total. The highest BCUT2D eigenvalue weighted by Crippen LogP contribution is 2.72. The van der Waals surface area contributed by atoms with Gasteiger partial charge in [0.15, 0.2) is 0 Å². The van der Waals surface area contributed by atoms with Gasteiger partial charge in [0.05, 0.1) is 0 Å². The Morgan fingerprint density at radius 2 is 0.981 bits per heavy atom. The van der Waals surface area contributed by atoms with Gasteiger partial charge >= 0.3 is 0 Å². The highest BCUT2D eigenvalue weighted by Gasteiger charge is 2.57. The van der Waals surface area contributed by atoms with E-state index in [0.29, 0.717) is 12.1 Å². The molecule has 274 valence electrons. The van der Waals surface area contributed by atoms with E-state index in [1.165, 1.54) is 54.1 Å². The van der Waals surface area contributed by atoms with Crippen LogP contribution in [0, 0.1) is 47.3 Å². The first kappa shape index (κ1) is 33.8. The van der Waals surface area contributed by atoms with Crippen molar-refractivity contribution in [2.75, 3.05) is 13.1 Å². The fraction of sp³-hybridized carbons (Fsp3) is 0.625. The predicted molar refractivity (Wildman–Crippen MR) is 223 cm³/mol. The van der Waals surface area contributed by atoms with Gasteiger partial charge in [0, 0.05) is 17.2 Å². The van der Waals surface area contributed by atoms with Gasteiger partial charge < -0.3 is 10.6 Å². The van der Waals surface area contributed by atoms with E-state index in [1.54, 1.807) is 75.3 Å². The highest BCUT2D eigenvalue weighted by atomic mass is 31.1. The first-order valence-electron chi connectivity index (χ1n) is 21.9. The normalized spacial score (nSPS) is 40.3. The smallest absolute Gasteiger partial charge is 0.0405 e. The summed E-state index contributed by atoms with van der Waals surface area (Å²) in [5.74, 6) is 8.31. The van der Waals surface area contributed by atoms with Gasteiger partial charge in [-0.05, 0) is 213 Å². The first-order chi connectivity index (χ1) is 25.6. The maximum absolute atomic E-state index is 4.11. The summed E-state index contributed by atoms with van der Waals surface area (Å²) in [5.41, 5.74) is 11.1. The maximum Gasteiger partial charge on any atom is 0.0405 e. The lowest BCUT2D eigenvalue weighted by Gasteiger charge is -2.62. The van der Waals surface area contributed by atoms with Crippen LogP contribution in [0.3, 0.4) is 0 Å². The van der Waals surface area contributed by atoms with Crippen molar-refractivity contribution < 1.29 is 0 Å². The average molecular weight is 729 g/mol. The molecule has 0 radical (unpaired) electrons. The number of rotatable bonds is 9. The Morgan fingerprint density at radius 3 is 1.38 bits per heavy atom. The third-order valence-electron chi connectivity index (χ3n) is 16.6. The van der Waals surface area contributed by atoms with Crippen LogP contribution in [0.15, 0.2) is 72.8 Å². The number of benzene rings is 3. The summed E-state index contributed by atoms with van der Waals surface area (Å²) in [5, 5.41) is 8.21. The second-order valence-electron chi connectivity index (χ2n) is 19.5. The lowest BCUT2D eigenvalue weighted by Crippen LogP contribution is -2.53. The quantitative estimate of drug-likeness (QED) is 0.214. The van der Waals surface area contributed by atoms with Crippen LogP contribution in [-0.4, -0.2) is 36.5 Å². The topological polar surface area (TPSA) is 24.1 Å². The van der Waals surface area contributed by atoms with E-state index in [9.17, 15) is 0 Å². The van der Waals surface area contributed by atoms with E-state index in [0.717, 1.165) is 71.8 Å². The van der Waals surface area contributed by atoms with Crippen molar-refractivity contribution in [3.8, 4) is 22.3 Å². The molecule has 2 nitrogen and oxygen atoms in total. The molecule has 8 aliphatic carbocycles. The second-order valence-corrected chi connectivity index (χ2v) is 23.0. The van der Waals surface area contributed by atoms with E-state index < -0.39 is 0 Å². The van der Waals surface area contributed by atoms with Gasteiger partial charge in [-0.15, -0.1) is 9.24 Å². The number of nitrogens with one attached hydrogen (secondary N) is 2. The molecular weight excluding hydrogens is 666 g/mol. The Labute approximate surface area is 317 Å². The molecule has 0 spiro atoms. The molecule has 2 aliphatic heterocycles. The molecule has 8 bridgehead atoms. The van der Waals surface area contributed by atoms with Crippen LogP contribution >= 0.6 is 17.2 Å². The SMILES string of the molecule is PC(c1cc(-c2ccccc2)c(-c2ccccc2)cc1CP(C1C2CC3CC(C2)CC1C3)C1C2CC3CC(C2)CC1C3)(C1CCCN1)C1CCCN1. The fourth-order valence-electron chi connectivity index (χ4n) is 15.2. The Bertz CT molecular complexity index is 1630. The van der Waals surface area contributed by atoms with E-state index in [2.05, 4.69) is 92.7 Å². The van der Waals surface area contributed by atoms with Gasteiger partial charge in [-0.2, -0.15) is 0 Å². The Kier molecular flexibility index (Phi) is 8.81. The molecule has 10 fully saturated rings. The lowest BCUT2D eigenvalue weighted by molar-refractivity contribution is 0.0129. The Morgan fingerprint density at radius 1 is 0.558 bits per heavy atom. The largest absolute Gasteiger partial charge is 0.313 e. The third-order valence-corrected chi connectivity index (χ3v) is 21.7. The lowest BCUT2D eigenvalue weighted by atomic mass is 9.55. The molecule has 8 saturated carbocycles. The molecule has 3 aromatic rings. The van der Waals surface area contributed by atoms with Crippen molar-refractivity contribution in [2.24, 2.45) is 47.3 Å². The number of hydrogen-bond acceptors (Lipinski definition) is 2. The van der Waals surface area contributed by atoms with Crippen LogP contribution in [0.1, 0.15) is 101 Å². The van der Waals surface area contributed by atoms with E-state index in [1.807, 2.05) is 0 Å². The summed E-state index contributed by atoms with van der Waals surface area (Å²) in [7, 11) is 3.51. The van der Waals surface area contributed by atoms with Gasteiger partial charge in [0.2, 0.25) is 0 Å². The molecule has 3 unspecified atom stereocenters. The summed E-state index contributed by atoms with van der Waals surface area (Å²) in [6.45, 7) is 2.31. The minimum atomic E-state index is -0.120.